The van der Waals surface area contributed by atoms with Gasteiger partial charge >= 0.3 is 6.18 Å². The van der Waals surface area contributed by atoms with Crippen LogP contribution >= 0.6 is 23.2 Å². The molecule has 28 heavy (non-hydrogen) atoms. The molecule has 2 amide bonds. The van der Waals surface area contributed by atoms with Crippen LogP contribution in [0.1, 0.15) is 36.0 Å². The Hall–Kier alpha value is -1.47. The van der Waals surface area contributed by atoms with Crippen molar-refractivity contribution in [3.05, 3.63) is 33.8 Å². The van der Waals surface area contributed by atoms with E-state index in [0.717, 1.165) is 0 Å². The first-order valence-electron chi connectivity index (χ1n) is 9.26. The van der Waals surface area contributed by atoms with Crippen LogP contribution in [0.25, 0.3) is 0 Å². The van der Waals surface area contributed by atoms with Crippen LogP contribution in [0.15, 0.2) is 18.2 Å². The Morgan fingerprint density at radius 2 is 1.50 bits per heavy atom. The summed E-state index contributed by atoms with van der Waals surface area (Å²) in [5, 5.41) is 0.724. The van der Waals surface area contributed by atoms with Gasteiger partial charge in [0.25, 0.3) is 5.91 Å². The summed E-state index contributed by atoms with van der Waals surface area (Å²) in [5.74, 6) is -2.45. The fourth-order valence-corrected chi connectivity index (χ4v) is 4.49. The van der Waals surface area contributed by atoms with Crippen molar-refractivity contribution in [2.45, 2.75) is 31.9 Å². The normalized spacial score (nSPS) is 23.6. The van der Waals surface area contributed by atoms with Crippen molar-refractivity contribution < 1.29 is 22.8 Å². The smallest absolute Gasteiger partial charge is 0.339 e. The third kappa shape index (κ3) is 4.92. The van der Waals surface area contributed by atoms with Crippen molar-refractivity contribution in [3.8, 4) is 0 Å². The van der Waals surface area contributed by atoms with Gasteiger partial charge in [-0.1, -0.05) is 29.6 Å². The molecule has 154 valence electrons. The first kappa shape index (κ1) is 21.2. The van der Waals surface area contributed by atoms with Gasteiger partial charge in [-0.2, -0.15) is 13.2 Å². The number of piperazine rings is 1. The second-order valence-electron chi connectivity index (χ2n) is 7.38. The predicted molar refractivity (Wildman–Crippen MR) is 100 cm³/mol. The zero-order chi connectivity index (χ0) is 20.5. The first-order valence-corrected chi connectivity index (χ1v) is 10.0. The third-order valence-corrected chi connectivity index (χ3v) is 5.91. The van der Waals surface area contributed by atoms with Crippen LogP contribution in [-0.4, -0.2) is 54.0 Å². The summed E-state index contributed by atoms with van der Waals surface area (Å²) in [6, 6.07) is 4.61. The Morgan fingerprint density at radius 3 is 2.07 bits per heavy atom. The van der Waals surface area contributed by atoms with E-state index in [9.17, 15) is 22.8 Å². The summed E-state index contributed by atoms with van der Waals surface area (Å²) in [5.41, 5.74) is 0.373. The minimum atomic E-state index is -4.25. The molecule has 1 saturated heterocycles. The van der Waals surface area contributed by atoms with Gasteiger partial charge in [-0.15, -0.1) is 0 Å². The van der Waals surface area contributed by atoms with E-state index >= 15 is 0 Å². The summed E-state index contributed by atoms with van der Waals surface area (Å²) < 4.78 is 39.0. The zero-order valence-corrected chi connectivity index (χ0v) is 16.7. The number of benzene rings is 1. The molecule has 1 aromatic rings. The number of carbonyl (C=O) groups excluding carboxylic acids is 2. The van der Waals surface area contributed by atoms with Crippen LogP contribution in [-0.2, 0) is 4.79 Å². The van der Waals surface area contributed by atoms with E-state index in [4.69, 9.17) is 23.2 Å². The van der Waals surface area contributed by atoms with E-state index in [0.29, 0.717) is 54.6 Å². The second-order valence-corrected chi connectivity index (χ2v) is 8.25. The highest BCUT2D eigenvalue weighted by Crippen LogP contribution is 2.40. The molecule has 2 atom stereocenters. The summed E-state index contributed by atoms with van der Waals surface area (Å²) in [6.07, 6.45) is -3.39. The molecule has 2 aliphatic rings. The lowest BCUT2D eigenvalue weighted by Gasteiger charge is -2.38. The molecule has 1 heterocycles. The van der Waals surface area contributed by atoms with Gasteiger partial charge in [-0.3, -0.25) is 9.59 Å². The van der Waals surface area contributed by atoms with E-state index < -0.39 is 18.0 Å². The Bertz CT molecular complexity index is 729. The van der Waals surface area contributed by atoms with Gasteiger partial charge in [0.2, 0.25) is 5.91 Å². The number of nitrogens with zero attached hydrogens (tertiary/aromatic N) is 2. The Morgan fingerprint density at radius 1 is 0.929 bits per heavy atom. The quantitative estimate of drug-likeness (QED) is 0.676. The molecule has 1 aliphatic heterocycles. The number of rotatable bonds is 2. The minimum Gasteiger partial charge on any atom is -0.339 e. The summed E-state index contributed by atoms with van der Waals surface area (Å²) in [7, 11) is 0. The fraction of sp³-hybridized carbons (Fsp3) is 0.579. The lowest BCUT2D eigenvalue weighted by Crippen LogP contribution is -2.52. The maximum atomic E-state index is 13.0. The molecule has 3 rings (SSSR count). The molecule has 1 saturated carbocycles. The average Bonchev–Trinajstić information content (AvgIpc) is 2.65. The number of carbonyl (C=O) groups is 2. The van der Waals surface area contributed by atoms with Gasteiger partial charge in [-0.05, 0) is 37.5 Å². The molecule has 0 aromatic heterocycles. The van der Waals surface area contributed by atoms with E-state index in [1.165, 1.54) is 18.2 Å². The molecular weight excluding hydrogens is 416 g/mol. The topological polar surface area (TPSA) is 40.6 Å². The molecule has 2 unspecified atom stereocenters. The SMILES string of the molecule is O=C(c1cc(Cl)cc(Cl)c1)N1CCN(C(=O)C2CCCC(C(F)(F)F)C2)CC1. The van der Waals surface area contributed by atoms with Crippen LogP contribution in [0, 0.1) is 11.8 Å². The number of alkyl halides is 3. The number of hydrogen-bond acceptors (Lipinski definition) is 2. The molecule has 9 heteroatoms. The van der Waals surface area contributed by atoms with E-state index in [2.05, 4.69) is 0 Å². The van der Waals surface area contributed by atoms with Crippen LogP contribution in [0.5, 0.6) is 0 Å². The van der Waals surface area contributed by atoms with Gasteiger partial charge in [0.1, 0.15) is 0 Å². The van der Waals surface area contributed by atoms with E-state index in [-0.39, 0.29) is 24.7 Å². The second kappa shape index (κ2) is 8.49. The molecule has 2 fully saturated rings. The largest absolute Gasteiger partial charge is 0.391 e. The van der Waals surface area contributed by atoms with Gasteiger partial charge in [-0.25, -0.2) is 0 Å². The van der Waals surface area contributed by atoms with E-state index in [1.54, 1.807) is 9.80 Å². The summed E-state index contributed by atoms with van der Waals surface area (Å²) >= 11 is 11.9. The molecule has 0 spiro atoms. The maximum absolute atomic E-state index is 13.0. The van der Waals surface area contributed by atoms with Gasteiger partial charge in [0.15, 0.2) is 0 Å². The highest BCUT2D eigenvalue weighted by atomic mass is 35.5. The highest BCUT2D eigenvalue weighted by molar-refractivity contribution is 6.35. The standard InChI is InChI=1S/C19H21Cl2F3N2O2/c20-15-9-13(10-16(21)11-15)18(28)26-6-4-25(5-7-26)17(27)12-2-1-3-14(8-12)19(22,23)24/h9-12,14H,1-8H2. The van der Waals surface area contributed by atoms with Crippen molar-refractivity contribution in [3.63, 3.8) is 0 Å². The lowest BCUT2D eigenvalue weighted by atomic mass is 9.80. The Kier molecular flexibility index (Phi) is 6.44. The zero-order valence-electron chi connectivity index (χ0n) is 15.1. The predicted octanol–water partition coefficient (Wildman–Crippen LogP) is 4.65. The molecule has 1 aromatic carbocycles. The number of amides is 2. The monoisotopic (exact) mass is 436 g/mol. The molecule has 1 aliphatic carbocycles. The fourth-order valence-electron chi connectivity index (χ4n) is 3.96. The minimum absolute atomic E-state index is 0.0950. The van der Waals surface area contributed by atoms with Gasteiger partial charge in [0.05, 0.1) is 5.92 Å². The third-order valence-electron chi connectivity index (χ3n) is 5.47. The number of halogens is 5. The number of hydrogen-bond donors (Lipinski definition) is 0. The van der Waals surface area contributed by atoms with Crippen molar-refractivity contribution in [1.29, 1.82) is 0 Å². The van der Waals surface area contributed by atoms with Crippen molar-refractivity contribution >= 4 is 35.0 Å². The van der Waals surface area contributed by atoms with Crippen LogP contribution in [0.4, 0.5) is 13.2 Å². The van der Waals surface area contributed by atoms with Gasteiger partial charge < -0.3 is 9.80 Å². The maximum Gasteiger partial charge on any atom is 0.391 e. The molecular formula is C19H21Cl2F3N2O2. The molecule has 0 bridgehead atoms. The van der Waals surface area contributed by atoms with Crippen LogP contribution in [0.3, 0.4) is 0 Å². The summed E-state index contributed by atoms with van der Waals surface area (Å²) in [4.78, 5) is 28.5. The average molecular weight is 437 g/mol. The lowest BCUT2D eigenvalue weighted by molar-refractivity contribution is -0.187. The Balaban J connectivity index is 1.57. The first-order chi connectivity index (χ1) is 13.1. The van der Waals surface area contributed by atoms with Crippen molar-refractivity contribution in [2.24, 2.45) is 11.8 Å². The van der Waals surface area contributed by atoms with Crippen molar-refractivity contribution in [1.82, 2.24) is 9.80 Å². The highest BCUT2D eigenvalue weighted by Gasteiger charge is 2.44. The van der Waals surface area contributed by atoms with Crippen LogP contribution in [0.2, 0.25) is 10.0 Å². The summed E-state index contributed by atoms with van der Waals surface area (Å²) in [6.45, 7) is 1.27. The Labute approximate surface area is 171 Å². The molecule has 0 radical (unpaired) electrons. The van der Waals surface area contributed by atoms with Crippen molar-refractivity contribution in [2.75, 3.05) is 26.2 Å². The molecule has 0 N–H and O–H groups in total. The van der Waals surface area contributed by atoms with E-state index in [1.807, 2.05) is 0 Å². The molecule has 4 nitrogen and oxygen atoms in total. The van der Waals surface area contributed by atoms with Gasteiger partial charge in [0, 0.05) is 47.7 Å². The van der Waals surface area contributed by atoms with Crippen LogP contribution < -0.4 is 0 Å².